The van der Waals surface area contributed by atoms with E-state index in [0.29, 0.717) is 23.8 Å². The van der Waals surface area contributed by atoms with Gasteiger partial charge in [0.05, 0.1) is 27.4 Å². The van der Waals surface area contributed by atoms with Crippen LogP contribution in [0.2, 0.25) is 0 Å². The summed E-state index contributed by atoms with van der Waals surface area (Å²) < 4.78 is 18.3. The topological polar surface area (TPSA) is 69.9 Å². The molecule has 0 amide bonds. The minimum Gasteiger partial charge on any atom is -0.493 e. The van der Waals surface area contributed by atoms with Gasteiger partial charge in [-0.25, -0.2) is 0 Å². The van der Waals surface area contributed by atoms with E-state index in [1.807, 2.05) is 40.9 Å². The first kappa shape index (κ1) is 17.0. The second-order valence-corrected chi connectivity index (χ2v) is 5.58. The first-order valence-electron chi connectivity index (χ1n) is 8.00. The second-order valence-electron chi connectivity index (χ2n) is 5.58. The maximum Gasteiger partial charge on any atom is 0.203 e. The summed E-state index contributed by atoms with van der Waals surface area (Å²) in [7, 11) is 4.83. The maximum atomic E-state index is 5.52. The SMILES string of the molecule is COc1ccc(CN[C@@H](C)c2nnc3ccccn23)c(OC)c1OC. The summed E-state index contributed by atoms with van der Waals surface area (Å²) >= 11 is 0. The van der Waals surface area contributed by atoms with E-state index >= 15 is 0 Å². The fourth-order valence-electron chi connectivity index (χ4n) is 2.81. The Morgan fingerprint density at radius 2 is 1.80 bits per heavy atom. The molecule has 1 atom stereocenters. The van der Waals surface area contributed by atoms with Gasteiger partial charge in [0.2, 0.25) is 5.75 Å². The van der Waals surface area contributed by atoms with E-state index in [0.717, 1.165) is 17.0 Å². The third-order valence-corrected chi connectivity index (χ3v) is 4.11. The number of hydrogen-bond donors (Lipinski definition) is 1. The Hall–Kier alpha value is -2.80. The number of benzene rings is 1. The number of nitrogens with zero attached hydrogens (tertiary/aromatic N) is 3. The molecule has 3 rings (SSSR count). The number of fused-ring (bicyclic) bond motifs is 1. The molecule has 0 saturated carbocycles. The number of ether oxygens (including phenoxy) is 3. The van der Waals surface area contributed by atoms with Gasteiger partial charge in [0.15, 0.2) is 23.0 Å². The molecule has 3 aromatic rings. The molecule has 0 saturated heterocycles. The zero-order valence-electron chi connectivity index (χ0n) is 14.8. The first-order valence-corrected chi connectivity index (χ1v) is 8.00. The van der Waals surface area contributed by atoms with E-state index in [9.17, 15) is 0 Å². The largest absolute Gasteiger partial charge is 0.493 e. The summed E-state index contributed by atoms with van der Waals surface area (Å²) in [6.45, 7) is 2.64. The summed E-state index contributed by atoms with van der Waals surface area (Å²) in [5.74, 6) is 2.74. The molecule has 0 aliphatic rings. The summed E-state index contributed by atoms with van der Waals surface area (Å²) in [6, 6.07) is 9.68. The highest BCUT2D eigenvalue weighted by molar-refractivity contribution is 5.55. The van der Waals surface area contributed by atoms with Crippen molar-refractivity contribution in [1.29, 1.82) is 0 Å². The number of rotatable bonds is 7. The molecule has 0 radical (unpaired) electrons. The van der Waals surface area contributed by atoms with Gasteiger partial charge in [-0.1, -0.05) is 12.1 Å². The van der Waals surface area contributed by atoms with E-state index in [1.54, 1.807) is 21.3 Å². The van der Waals surface area contributed by atoms with Crippen LogP contribution in [0.15, 0.2) is 36.5 Å². The summed E-state index contributed by atoms with van der Waals surface area (Å²) in [6.07, 6.45) is 1.96. The normalized spacial score (nSPS) is 12.2. The fourth-order valence-corrected chi connectivity index (χ4v) is 2.81. The van der Waals surface area contributed by atoms with Crippen molar-refractivity contribution in [2.45, 2.75) is 19.5 Å². The van der Waals surface area contributed by atoms with Gasteiger partial charge >= 0.3 is 0 Å². The summed E-state index contributed by atoms with van der Waals surface area (Å²) in [5, 5.41) is 11.9. The maximum absolute atomic E-state index is 5.52. The van der Waals surface area contributed by atoms with Crippen molar-refractivity contribution in [2.75, 3.05) is 21.3 Å². The van der Waals surface area contributed by atoms with Crippen molar-refractivity contribution >= 4 is 5.65 Å². The predicted molar refractivity (Wildman–Crippen MR) is 94.3 cm³/mol. The number of methoxy groups -OCH3 is 3. The average molecular weight is 342 g/mol. The number of nitrogens with one attached hydrogen (secondary N) is 1. The third-order valence-electron chi connectivity index (χ3n) is 4.11. The standard InChI is InChI=1S/C18H22N4O3/c1-12(18-21-20-15-7-5-6-10-22(15)18)19-11-13-8-9-14(23-2)17(25-4)16(13)24-3/h5-10,12,19H,11H2,1-4H3/t12-/m0/s1. The Morgan fingerprint density at radius 1 is 1.00 bits per heavy atom. The molecule has 0 unspecified atom stereocenters. The van der Waals surface area contributed by atoms with E-state index in [4.69, 9.17) is 14.2 Å². The number of pyridine rings is 1. The van der Waals surface area contributed by atoms with Crippen LogP contribution in [-0.4, -0.2) is 35.9 Å². The van der Waals surface area contributed by atoms with E-state index in [2.05, 4.69) is 22.4 Å². The van der Waals surface area contributed by atoms with Gasteiger partial charge < -0.3 is 19.5 Å². The molecule has 25 heavy (non-hydrogen) atoms. The van der Waals surface area contributed by atoms with Crippen LogP contribution in [0.25, 0.3) is 5.65 Å². The van der Waals surface area contributed by atoms with Gasteiger partial charge in [-0.15, -0.1) is 10.2 Å². The molecule has 132 valence electrons. The van der Waals surface area contributed by atoms with Gasteiger partial charge in [0.1, 0.15) is 0 Å². The van der Waals surface area contributed by atoms with Crippen LogP contribution in [0.1, 0.15) is 24.4 Å². The zero-order valence-corrected chi connectivity index (χ0v) is 14.8. The second kappa shape index (κ2) is 7.40. The minimum absolute atomic E-state index is 0.00945. The van der Waals surface area contributed by atoms with E-state index in [1.165, 1.54) is 0 Å². The Labute approximate surface area is 146 Å². The molecule has 1 aromatic carbocycles. The Morgan fingerprint density at radius 3 is 2.52 bits per heavy atom. The lowest BCUT2D eigenvalue weighted by molar-refractivity contribution is 0.321. The van der Waals surface area contributed by atoms with Crippen molar-refractivity contribution in [3.63, 3.8) is 0 Å². The minimum atomic E-state index is 0.00945. The fraction of sp³-hybridized carbons (Fsp3) is 0.333. The van der Waals surface area contributed by atoms with Crippen LogP contribution in [0.3, 0.4) is 0 Å². The highest BCUT2D eigenvalue weighted by atomic mass is 16.5. The summed E-state index contributed by atoms with van der Waals surface area (Å²) in [5.41, 5.74) is 1.80. The van der Waals surface area contributed by atoms with Gasteiger partial charge in [-0.3, -0.25) is 4.40 Å². The number of hydrogen-bond acceptors (Lipinski definition) is 6. The molecule has 0 fully saturated rings. The molecule has 0 spiro atoms. The quantitative estimate of drug-likeness (QED) is 0.712. The Bertz CT molecular complexity index is 863. The van der Waals surface area contributed by atoms with Crippen molar-refractivity contribution in [1.82, 2.24) is 19.9 Å². The van der Waals surface area contributed by atoms with Gasteiger partial charge in [-0.2, -0.15) is 0 Å². The molecule has 2 heterocycles. The molecule has 1 N–H and O–H groups in total. The molecule has 0 aliphatic carbocycles. The van der Waals surface area contributed by atoms with Gasteiger partial charge in [0.25, 0.3) is 0 Å². The van der Waals surface area contributed by atoms with Crippen LogP contribution in [-0.2, 0) is 6.54 Å². The molecular weight excluding hydrogens is 320 g/mol. The van der Waals surface area contributed by atoms with Crippen molar-refractivity contribution in [2.24, 2.45) is 0 Å². The third kappa shape index (κ3) is 3.23. The number of aromatic nitrogens is 3. The van der Waals surface area contributed by atoms with Crippen LogP contribution in [0.4, 0.5) is 0 Å². The van der Waals surface area contributed by atoms with Gasteiger partial charge in [0, 0.05) is 18.3 Å². The van der Waals surface area contributed by atoms with Crippen LogP contribution in [0, 0.1) is 0 Å². The predicted octanol–water partition coefficient (Wildman–Crippen LogP) is 2.61. The molecule has 7 nitrogen and oxygen atoms in total. The van der Waals surface area contributed by atoms with Crippen LogP contribution in [0.5, 0.6) is 17.2 Å². The molecule has 0 bridgehead atoms. The molecular formula is C18H22N4O3. The highest BCUT2D eigenvalue weighted by Crippen LogP contribution is 2.39. The van der Waals surface area contributed by atoms with Gasteiger partial charge in [-0.05, 0) is 25.1 Å². The smallest absolute Gasteiger partial charge is 0.203 e. The average Bonchev–Trinajstić information content (AvgIpc) is 3.09. The monoisotopic (exact) mass is 342 g/mol. The van der Waals surface area contributed by atoms with Crippen LogP contribution >= 0.6 is 0 Å². The summed E-state index contributed by atoms with van der Waals surface area (Å²) in [4.78, 5) is 0. The Balaban J connectivity index is 1.81. The van der Waals surface area contributed by atoms with E-state index < -0.39 is 0 Å². The molecule has 0 aliphatic heterocycles. The lowest BCUT2D eigenvalue weighted by Gasteiger charge is -2.17. The van der Waals surface area contributed by atoms with Crippen molar-refractivity contribution < 1.29 is 14.2 Å². The van der Waals surface area contributed by atoms with E-state index in [-0.39, 0.29) is 6.04 Å². The molecule has 7 heteroatoms. The van der Waals surface area contributed by atoms with Crippen LogP contribution < -0.4 is 19.5 Å². The Kier molecular flexibility index (Phi) is 5.04. The lowest BCUT2D eigenvalue weighted by Crippen LogP contribution is -2.20. The van der Waals surface area contributed by atoms with Crippen molar-refractivity contribution in [3.05, 3.63) is 47.9 Å². The molecule has 2 aromatic heterocycles. The first-order chi connectivity index (χ1) is 12.2. The highest BCUT2D eigenvalue weighted by Gasteiger charge is 2.18. The lowest BCUT2D eigenvalue weighted by atomic mass is 10.1. The van der Waals surface area contributed by atoms with Crippen molar-refractivity contribution in [3.8, 4) is 17.2 Å². The zero-order chi connectivity index (χ0) is 17.8.